The molecule has 0 radical (unpaired) electrons. The quantitative estimate of drug-likeness (QED) is 0.665. The second-order valence-corrected chi connectivity index (χ2v) is 7.45. The summed E-state index contributed by atoms with van der Waals surface area (Å²) in [6.07, 6.45) is -4.45. The highest BCUT2D eigenvalue weighted by molar-refractivity contribution is 6.12. The molecule has 0 saturated heterocycles. The van der Waals surface area contributed by atoms with Gasteiger partial charge in [0.05, 0.1) is 22.2 Å². The summed E-state index contributed by atoms with van der Waals surface area (Å²) in [7, 11) is 0. The van der Waals surface area contributed by atoms with Crippen molar-refractivity contribution in [1.82, 2.24) is 10.1 Å². The lowest BCUT2D eigenvalue weighted by molar-refractivity contribution is -0.141. The molecule has 0 spiro atoms. The molecule has 0 saturated carbocycles. The molecule has 27 heavy (non-hydrogen) atoms. The van der Waals surface area contributed by atoms with Gasteiger partial charge in [0.2, 0.25) is 0 Å². The first-order valence-electron chi connectivity index (χ1n) is 8.16. The summed E-state index contributed by atoms with van der Waals surface area (Å²) in [4.78, 5) is 16.3. The number of phenols is 1. The van der Waals surface area contributed by atoms with Gasteiger partial charge in [-0.25, -0.2) is 4.98 Å². The normalized spacial score (nSPS) is 12.5. The van der Waals surface area contributed by atoms with Crippen LogP contribution in [0.3, 0.4) is 0 Å². The molecule has 5 nitrogen and oxygen atoms in total. The van der Waals surface area contributed by atoms with Gasteiger partial charge in [-0.05, 0) is 30.0 Å². The van der Waals surface area contributed by atoms with Crippen molar-refractivity contribution in [2.45, 2.75) is 33.4 Å². The van der Waals surface area contributed by atoms with Crippen LogP contribution in [0.4, 0.5) is 13.2 Å². The number of nitrogens with zero attached hydrogens (tertiary/aromatic N) is 2. The van der Waals surface area contributed by atoms with Crippen molar-refractivity contribution in [2.24, 2.45) is 5.41 Å². The molecule has 0 atom stereocenters. The number of carbonyl (C=O) groups excluding carboxylic acids is 1. The Morgan fingerprint density at radius 2 is 1.81 bits per heavy atom. The Labute approximate surface area is 152 Å². The molecule has 0 aliphatic heterocycles. The lowest BCUT2D eigenvalue weighted by Crippen LogP contribution is -2.16. The maximum absolute atomic E-state index is 13.5. The molecule has 3 rings (SSSR count). The molecule has 0 aliphatic rings. The van der Waals surface area contributed by atoms with Crippen LogP contribution in [0.2, 0.25) is 0 Å². The summed E-state index contributed by atoms with van der Waals surface area (Å²) < 4.78 is 45.4. The molecule has 0 bridgehead atoms. The van der Waals surface area contributed by atoms with Crippen LogP contribution in [0.5, 0.6) is 5.75 Å². The molecule has 2 aromatic heterocycles. The maximum atomic E-state index is 13.5. The zero-order valence-corrected chi connectivity index (χ0v) is 14.9. The van der Waals surface area contributed by atoms with Crippen molar-refractivity contribution in [3.05, 3.63) is 52.8 Å². The third-order valence-corrected chi connectivity index (χ3v) is 3.90. The standard InChI is InChI=1S/C19H17F3N2O3/c1-18(2,3)9-13-11-8-12(15(26)10-6-4-5-7-14(10)25)16(19(20,21)22)23-17(11)27-24-13/h4-8,25H,9H2,1-3H3. The maximum Gasteiger partial charge on any atom is 0.434 e. The fourth-order valence-corrected chi connectivity index (χ4v) is 2.75. The van der Waals surface area contributed by atoms with Gasteiger partial charge < -0.3 is 9.63 Å². The van der Waals surface area contributed by atoms with Gasteiger partial charge in [-0.15, -0.1) is 0 Å². The van der Waals surface area contributed by atoms with E-state index in [1.807, 2.05) is 20.8 Å². The smallest absolute Gasteiger partial charge is 0.434 e. The fraction of sp³-hybridized carbons (Fsp3) is 0.316. The Bertz CT molecular complexity index is 1020. The molecule has 142 valence electrons. The Morgan fingerprint density at radius 3 is 2.41 bits per heavy atom. The summed E-state index contributed by atoms with van der Waals surface area (Å²) in [5.74, 6) is -1.38. The average molecular weight is 378 g/mol. The number of para-hydroxylation sites is 1. The van der Waals surface area contributed by atoms with Gasteiger partial charge in [0.1, 0.15) is 5.75 Å². The highest BCUT2D eigenvalue weighted by Gasteiger charge is 2.39. The first-order valence-corrected chi connectivity index (χ1v) is 8.16. The van der Waals surface area contributed by atoms with Gasteiger partial charge in [-0.1, -0.05) is 38.1 Å². The SMILES string of the molecule is CC(C)(C)Cc1noc2nc(C(F)(F)F)c(C(=O)c3ccccc3O)cc12. The van der Waals surface area contributed by atoms with Gasteiger partial charge in [0.25, 0.3) is 5.71 Å². The number of rotatable bonds is 3. The van der Waals surface area contributed by atoms with Crippen molar-refractivity contribution in [2.75, 3.05) is 0 Å². The number of hydrogen-bond donors (Lipinski definition) is 1. The van der Waals surface area contributed by atoms with E-state index in [2.05, 4.69) is 10.1 Å². The lowest BCUT2D eigenvalue weighted by atomic mass is 9.89. The molecule has 0 amide bonds. The van der Waals surface area contributed by atoms with Crippen LogP contribution in [0.15, 0.2) is 34.9 Å². The van der Waals surface area contributed by atoms with E-state index < -0.39 is 29.0 Å². The Balaban J connectivity index is 2.23. The number of alkyl halides is 3. The molecular weight excluding hydrogens is 361 g/mol. The molecule has 3 aromatic rings. The molecule has 2 heterocycles. The molecule has 1 aromatic carbocycles. The second-order valence-electron chi connectivity index (χ2n) is 7.45. The highest BCUT2D eigenvalue weighted by atomic mass is 19.4. The zero-order valence-electron chi connectivity index (χ0n) is 14.9. The molecule has 0 fully saturated rings. The predicted octanol–water partition coefficient (Wildman–Crippen LogP) is 4.77. The van der Waals surface area contributed by atoms with E-state index in [9.17, 15) is 23.1 Å². The number of carbonyl (C=O) groups is 1. The summed E-state index contributed by atoms with van der Waals surface area (Å²) in [6.45, 7) is 5.83. The van der Waals surface area contributed by atoms with Gasteiger partial charge in [0, 0.05) is 0 Å². The summed E-state index contributed by atoms with van der Waals surface area (Å²) >= 11 is 0. The van der Waals surface area contributed by atoms with E-state index in [1.165, 1.54) is 24.3 Å². The van der Waals surface area contributed by atoms with Crippen LogP contribution < -0.4 is 0 Å². The van der Waals surface area contributed by atoms with E-state index in [0.29, 0.717) is 12.1 Å². The minimum Gasteiger partial charge on any atom is -0.507 e. The number of phenolic OH excluding ortho intramolecular Hbond substituents is 1. The molecule has 8 heteroatoms. The first-order chi connectivity index (χ1) is 12.5. The molecule has 1 N–H and O–H groups in total. The fourth-order valence-electron chi connectivity index (χ4n) is 2.75. The number of ketones is 1. The van der Waals surface area contributed by atoms with E-state index in [0.717, 1.165) is 6.07 Å². The topological polar surface area (TPSA) is 76.2 Å². The van der Waals surface area contributed by atoms with Gasteiger partial charge >= 0.3 is 6.18 Å². The van der Waals surface area contributed by atoms with E-state index in [4.69, 9.17) is 4.52 Å². The number of hydrogen-bond acceptors (Lipinski definition) is 5. The summed E-state index contributed by atoms with van der Waals surface area (Å²) in [5, 5.41) is 13.9. The number of halogens is 3. The predicted molar refractivity (Wildman–Crippen MR) is 91.5 cm³/mol. The highest BCUT2D eigenvalue weighted by Crippen LogP contribution is 2.36. The van der Waals surface area contributed by atoms with E-state index >= 15 is 0 Å². The average Bonchev–Trinajstić information content (AvgIpc) is 2.93. The van der Waals surface area contributed by atoms with Gasteiger partial charge in [-0.2, -0.15) is 13.2 Å². The molecular formula is C19H17F3N2O3. The van der Waals surface area contributed by atoms with E-state index in [1.54, 1.807) is 0 Å². The molecule has 0 aliphatic carbocycles. The number of aromatic nitrogens is 2. The van der Waals surface area contributed by atoms with Crippen molar-refractivity contribution in [3.8, 4) is 5.75 Å². The van der Waals surface area contributed by atoms with Crippen LogP contribution in [0.25, 0.3) is 11.1 Å². The van der Waals surface area contributed by atoms with Crippen LogP contribution in [0.1, 0.15) is 48.1 Å². The minimum atomic E-state index is -4.87. The van der Waals surface area contributed by atoms with Crippen molar-refractivity contribution < 1.29 is 27.6 Å². The zero-order chi connectivity index (χ0) is 20.0. The van der Waals surface area contributed by atoms with Gasteiger partial charge in [-0.3, -0.25) is 4.79 Å². The monoisotopic (exact) mass is 378 g/mol. The third kappa shape index (κ3) is 3.79. The van der Waals surface area contributed by atoms with Crippen LogP contribution >= 0.6 is 0 Å². The summed E-state index contributed by atoms with van der Waals surface area (Å²) in [5.41, 5.74) is -2.33. The Morgan fingerprint density at radius 1 is 1.15 bits per heavy atom. The van der Waals surface area contributed by atoms with Crippen molar-refractivity contribution in [1.29, 1.82) is 0 Å². The summed E-state index contributed by atoms with van der Waals surface area (Å²) in [6, 6.07) is 6.51. The van der Waals surface area contributed by atoms with Gasteiger partial charge in [0.15, 0.2) is 11.5 Å². The Kier molecular flexibility index (Phi) is 4.45. The second kappa shape index (κ2) is 6.37. The lowest BCUT2D eigenvalue weighted by Gasteiger charge is -2.16. The third-order valence-electron chi connectivity index (χ3n) is 3.90. The largest absolute Gasteiger partial charge is 0.507 e. The van der Waals surface area contributed by atoms with Crippen LogP contribution in [-0.4, -0.2) is 21.0 Å². The number of pyridine rings is 1. The number of benzene rings is 1. The Hall–Kier alpha value is -2.90. The minimum absolute atomic E-state index is 0.200. The van der Waals surface area contributed by atoms with E-state index in [-0.39, 0.29) is 22.1 Å². The van der Waals surface area contributed by atoms with Crippen LogP contribution in [-0.2, 0) is 12.6 Å². The first kappa shape index (κ1) is 18.9. The molecule has 0 unspecified atom stereocenters. The van der Waals surface area contributed by atoms with Crippen LogP contribution in [0, 0.1) is 5.41 Å². The van der Waals surface area contributed by atoms with Crippen molar-refractivity contribution >= 4 is 16.9 Å². The number of aromatic hydroxyl groups is 1. The van der Waals surface area contributed by atoms with Crippen molar-refractivity contribution in [3.63, 3.8) is 0 Å². The number of fused-ring (bicyclic) bond motifs is 1.